The van der Waals surface area contributed by atoms with Crippen molar-refractivity contribution in [3.05, 3.63) is 48.0 Å². The number of pyridine rings is 1. The van der Waals surface area contributed by atoms with Gasteiger partial charge in [0.1, 0.15) is 0 Å². The number of benzene rings is 1. The molecule has 84 valence electrons. The van der Waals surface area contributed by atoms with Crippen LogP contribution in [0.2, 0.25) is 0 Å². The monoisotopic (exact) mass is 224 g/mol. The van der Waals surface area contributed by atoms with Crippen molar-refractivity contribution in [3.63, 3.8) is 0 Å². The van der Waals surface area contributed by atoms with Gasteiger partial charge in [-0.15, -0.1) is 0 Å². The van der Waals surface area contributed by atoms with Crippen molar-refractivity contribution >= 4 is 11.2 Å². The molecular formula is C14H12N2O. The Kier molecular flexibility index (Phi) is 2.18. The molecule has 3 aromatic rings. The maximum atomic E-state index is 5.28. The smallest absolute Gasteiger partial charge is 0.198 e. The number of aryl methyl sites for hydroxylation is 1. The molecule has 0 saturated carbocycles. The molecule has 3 nitrogen and oxygen atoms in total. The first-order chi connectivity index (χ1) is 8.25. The lowest BCUT2D eigenvalue weighted by molar-refractivity contribution is 0.602. The van der Waals surface area contributed by atoms with E-state index in [4.69, 9.17) is 4.42 Å². The molecule has 0 aliphatic heterocycles. The minimum atomic E-state index is 0.652. The van der Waals surface area contributed by atoms with Gasteiger partial charge in [0.15, 0.2) is 17.6 Å². The molecule has 3 heteroatoms. The lowest BCUT2D eigenvalue weighted by Gasteiger charge is -2.07. The largest absolute Gasteiger partial charge is 0.442 e. The van der Waals surface area contributed by atoms with Crippen LogP contribution in [0.15, 0.2) is 41.3 Å². The highest BCUT2D eigenvalue weighted by Crippen LogP contribution is 2.26. The van der Waals surface area contributed by atoms with Gasteiger partial charge in [0.2, 0.25) is 0 Å². The van der Waals surface area contributed by atoms with E-state index < -0.39 is 0 Å². The van der Waals surface area contributed by atoms with Gasteiger partial charge in [0.25, 0.3) is 0 Å². The van der Waals surface area contributed by atoms with Crippen molar-refractivity contribution in [3.8, 4) is 11.1 Å². The normalized spacial score (nSPS) is 10.9. The van der Waals surface area contributed by atoms with Crippen molar-refractivity contribution in [2.24, 2.45) is 0 Å². The number of rotatable bonds is 1. The summed E-state index contributed by atoms with van der Waals surface area (Å²) in [7, 11) is 0. The molecule has 0 N–H and O–H groups in total. The predicted molar refractivity (Wildman–Crippen MR) is 66.7 cm³/mol. The van der Waals surface area contributed by atoms with E-state index in [-0.39, 0.29) is 0 Å². The van der Waals surface area contributed by atoms with E-state index in [1.165, 1.54) is 23.1 Å². The molecule has 0 aliphatic carbocycles. The van der Waals surface area contributed by atoms with E-state index in [9.17, 15) is 0 Å². The highest BCUT2D eigenvalue weighted by Gasteiger charge is 2.07. The molecule has 0 fully saturated rings. The Morgan fingerprint density at radius 2 is 2.00 bits per heavy atom. The molecule has 0 radical (unpaired) electrons. The maximum absolute atomic E-state index is 5.28. The van der Waals surface area contributed by atoms with Crippen molar-refractivity contribution in [2.75, 3.05) is 0 Å². The average molecular weight is 224 g/mol. The van der Waals surface area contributed by atoms with Gasteiger partial charge in [-0.3, -0.25) is 0 Å². The van der Waals surface area contributed by atoms with E-state index in [2.05, 4.69) is 42.0 Å². The van der Waals surface area contributed by atoms with Gasteiger partial charge in [0, 0.05) is 11.8 Å². The Bertz CT molecular complexity index is 686. The van der Waals surface area contributed by atoms with Gasteiger partial charge in [0.05, 0.1) is 0 Å². The van der Waals surface area contributed by atoms with Crippen molar-refractivity contribution in [1.82, 2.24) is 9.97 Å². The van der Waals surface area contributed by atoms with Crippen LogP contribution in [0.5, 0.6) is 0 Å². The van der Waals surface area contributed by atoms with E-state index in [0.29, 0.717) is 5.65 Å². The molecule has 2 aromatic heterocycles. The molecule has 1 aromatic carbocycles. The van der Waals surface area contributed by atoms with Crippen LogP contribution in [-0.4, -0.2) is 9.97 Å². The summed E-state index contributed by atoms with van der Waals surface area (Å²) < 4.78 is 5.28. The second-order valence-corrected chi connectivity index (χ2v) is 4.15. The van der Waals surface area contributed by atoms with Crippen LogP contribution in [0.4, 0.5) is 0 Å². The van der Waals surface area contributed by atoms with Crippen LogP contribution in [0.25, 0.3) is 22.4 Å². The molecular weight excluding hydrogens is 212 g/mol. The molecule has 0 atom stereocenters. The summed E-state index contributed by atoms with van der Waals surface area (Å²) >= 11 is 0. The van der Waals surface area contributed by atoms with Crippen LogP contribution in [0.1, 0.15) is 11.1 Å². The van der Waals surface area contributed by atoms with Gasteiger partial charge in [-0.2, -0.15) is 4.98 Å². The van der Waals surface area contributed by atoms with E-state index in [1.54, 1.807) is 0 Å². The number of oxazole rings is 1. The topological polar surface area (TPSA) is 38.9 Å². The quantitative estimate of drug-likeness (QED) is 0.635. The summed E-state index contributed by atoms with van der Waals surface area (Å²) in [5, 5.41) is 0. The summed E-state index contributed by atoms with van der Waals surface area (Å²) in [4.78, 5) is 8.30. The Labute approximate surface area is 99.1 Å². The fourth-order valence-electron chi connectivity index (χ4n) is 1.97. The van der Waals surface area contributed by atoms with Crippen molar-refractivity contribution in [2.45, 2.75) is 13.8 Å². The Morgan fingerprint density at radius 3 is 2.88 bits per heavy atom. The zero-order valence-electron chi connectivity index (χ0n) is 9.77. The first kappa shape index (κ1) is 10.0. The van der Waals surface area contributed by atoms with Crippen LogP contribution >= 0.6 is 0 Å². The third kappa shape index (κ3) is 1.60. The minimum Gasteiger partial charge on any atom is -0.442 e. The number of fused-ring (bicyclic) bond motifs is 1. The highest BCUT2D eigenvalue weighted by atomic mass is 16.3. The molecule has 0 bridgehead atoms. The molecule has 3 rings (SSSR count). The molecule has 2 heterocycles. The zero-order chi connectivity index (χ0) is 11.8. The van der Waals surface area contributed by atoms with Gasteiger partial charge in [-0.05, 0) is 36.6 Å². The van der Waals surface area contributed by atoms with Gasteiger partial charge in [-0.1, -0.05) is 18.2 Å². The van der Waals surface area contributed by atoms with E-state index >= 15 is 0 Å². The molecule has 0 aliphatic rings. The Hall–Kier alpha value is -2.16. The van der Waals surface area contributed by atoms with E-state index in [1.807, 2.05) is 12.3 Å². The minimum absolute atomic E-state index is 0.652. The van der Waals surface area contributed by atoms with Crippen molar-refractivity contribution in [1.29, 1.82) is 0 Å². The lowest BCUT2D eigenvalue weighted by Crippen LogP contribution is -1.88. The van der Waals surface area contributed by atoms with Crippen LogP contribution in [0.3, 0.4) is 0 Å². The fraction of sp³-hybridized carbons (Fsp3) is 0.143. The Morgan fingerprint density at radius 1 is 1.12 bits per heavy atom. The summed E-state index contributed by atoms with van der Waals surface area (Å²) in [5.41, 5.74) is 6.18. The first-order valence-corrected chi connectivity index (χ1v) is 5.51. The average Bonchev–Trinajstić information content (AvgIpc) is 2.79. The summed E-state index contributed by atoms with van der Waals surface area (Å²) in [6.07, 6.45) is 3.26. The standard InChI is InChI=1S/C14H12N2O/c1-9-4-3-5-12(10(9)2)11-6-13-14(15-7-11)16-8-17-13/h3-8H,1-2H3. The molecule has 0 saturated heterocycles. The zero-order valence-corrected chi connectivity index (χ0v) is 9.77. The second kappa shape index (κ2) is 3.70. The third-order valence-electron chi connectivity index (χ3n) is 3.10. The third-order valence-corrected chi connectivity index (χ3v) is 3.10. The second-order valence-electron chi connectivity index (χ2n) is 4.15. The highest BCUT2D eigenvalue weighted by molar-refractivity contribution is 5.77. The van der Waals surface area contributed by atoms with E-state index in [0.717, 1.165) is 11.1 Å². The molecule has 17 heavy (non-hydrogen) atoms. The molecule has 0 unspecified atom stereocenters. The van der Waals surface area contributed by atoms with Gasteiger partial charge in [-0.25, -0.2) is 4.98 Å². The summed E-state index contributed by atoms with van der Waals surface area (Å²) in [5.74, 6) is 0. The fourth-order valence-corrected chi connectivity index (χ4v) is 1.97. The predicted octanol–water partition coefficient (Wildman–Crippen LogP) is 3.51. The van der Waals surface area contributed by atoms with Gasteiger partial charge < -0.3 is 4.42 Å². The van der Waals surface area contributed by atoms with Gasteiger partial charge >= 0.3 is 0 Å². The number of hydrogen-bond donors (Lipinski definition) is 0. The Balaban J connectivity index is 2.23. The first-order valence-electron chi connectivity index (χ1n) is 5.51. The lowest BCUT2D eigenvalue weighted by atomic mass is 9.98. The van der Waals surface area contributed by atoms with Crippen LogP contribution in [0, 0.1) is 13.8 Å². The maximum Gasteiger partial charge on any atom is 0.198 e. The van der Waals surface area contributed by atoms with Crippen LogP contribution < -0.4 is 0 Å². The SMILES string of the molecule is Cc1cccc(-c2cnc3ncoc3c2)c1C. The van der Waals surface area contributed by atoms with Crippen LogP contribution in [-0.2, 0) is 0 Å². The summed E-state index contributed by atoms with van der Waals surface area (Å²) in [6, 6.07) is 8.25. The molecule has 0 amide bonds. The number of nitrogens with zero attached hydrogens (tertiary/aromatic N) is 2. The number of hydrogen-bond acceptors (Lipinski definition) is 3. The summed E-state index contributed by atoms with van der Waals surface area (Å²) in [6.45, 7) is 4.23. The van der Waals surface area contributed by atoms with Crippen molar-refractivity contribution < 1.29 is 4.42 Å². The number of aromatic nitrogens is 2. The molecule has 0 spiro atoms.